The average molecular weight is 354 g/mol. The van der Waals surface area contributed by atoms with Gasteiger partial charge in [0.05, 0.1) is 10.6 Å². The van der Waals surface area contributed by atoms with Crippen LogP contribution in [-0.4, -0.2) is 45.8 Å². The first-order valence-electron chi connectivity index (χ1n) is 7.32. The fourth-order valence-electron chi connectivity index (χ4n) is 1.98. The second-order valence-electron chi connectivity index (χ2n) is 5.24. The van der Waals surface area contributed by atoms with Crippen molar-refractivity contribution < 1.29 is 13.2 Å². The SMILES string of the molecule is CN(CCOc1ccccc1)CCS(=O)(=O)c1ccc(Cl)cc1. The predicted molar refractivity (Wildman–Crippen MR) is 92.9 cm³/mol. The smallest absolute Gasteiger partial charge is 0.179 e. The van der Waals surface area contributed by atoms with Crippen LogP contribution in [-0.2, 0) is 9.84 Å². The Morgan fingerprint density at radius 2 is 1.65 bits per heavy atom. The molecule has 0 atom stereocenters. The molecule has 0 unspecified atom stereocenters. The number of likely N-dealkylation sites (N-methyl/N-ethyl adjacent to an activating group) is 1. The van der Waals surface area contributed by atoms with Crippen molar-refractivity contribution in [3.05, 3.63) is 59.6 Å². The summed E-state index contributed by atoms with van der Waals surface area (Å²) in [6.07, 6.45) is 0. The molecule has 0 N–H and O–H groups in total. The van der Waals surface area contributed by atoms with Crippen molar-refractivity contribution in [3.63, 3.8) is 0 Å². The molecule has 0 radical (unpaired) electrons. The molecule has 6 heteroatoms. The molecular weight excluding hydrogens is 334 g/mol. The molecule has 0 amide bonds. The summed E-state index contributed by atoms with van der Waals surface area (Å²) in [4.78, 5) is 2.24. The highest BCUT2D eigenvalue weighted by Crippen LogP contribution is 2.15. The zero-order valence-electron chi connectivity index (χ0n) is 13.0. The Kier molecular flexibility index (Phi) is 6.45. The molecule has 0 aliphatic heterocycles. The molecule has 0 aliphatic rings. The Bertz CT molecular complexity index is 702. The first-order valence-corrected chi connectivity index (χ1v) is 9.35. The molecule has 0 saturated carbocycles. The Morgan fingerprint density at radius 1 is 1.00 bits per heavy atom. The van der Waals surface area contributed by atoms with Crippen LogP contribution in [0.15, 0.2) is 59.5 Å². The van der Waals surface area contributed by atoms with E-state index < -0.39 is 9.84 Å². The number of nitrogens with zero attached hydrogens (tertiary/aromatic N) is 1. The van der Waals surface area contributed by atoms with Crippen LogP contribution in [0.3, 0.4) is 0 Å². The molecule has 0 fully saturated rings. The fraction of sp³-hybridized carbons (Fsp3) is 0.294. The monoisotopic (exact) mass is 353 g/mol. The van der Waals surface area contributed by atoms with Crippen molar-refractivity contribution >= 4 is 21.4 Å². The minimum Gasteiger partial charge on any atom is -0.492 e. The summed E-state index contributed by atoms with van der Waals surface area (Å²) in [6.45, 7) is 1.62. The minimum atomic E-state index is -3.29. The molecule has 2 rings (SSSR count). The second kappa shape index (κ2) is 8.34. The van der Waals surface area contributed by atoms with Gasteiger partial charge in [-0.3, -0.25) is 0 Å². The zero-order chi connectivity index (χ0) is 16.7. The van der Waals surface area contributed by atoms with Gasteiger partial charge in [0.15, 0.2) is 9.84 Å². The van der Waals surface area contributed by atoms with Gasteiger partial charge in [-0.2, -0.15) is 0 Å². The van der Waals surface area contributed by atoms with Crippen molar-refractivity contribution in [2.24, 2.45) is 0 Å². The Balaban J connectivity index is 1.77. The highest BCUT2D eigenvalue weighted by atomic mass is 35.5. The molecule has 0 heterocycles. The molecule has 0 aliphatic carbocycles. The van der Waals surface area contributed by atoms with E-state index in [0.29, 0.717) is 29.6 Å². The maximum absolute atomic E-state index is 12.2. The molecule has 4 nitrogen and oxygen atoms in total. The van der Waals surface area contributed by atoms with Crippen LogP contribution in [0, 0.1) is 0 Å². The van der Waals surface area contributed by atoms with E-state index in [1.165, 1.54) is 12.1 Å². The predicted octanol–water partition coefficient (Wildman–Crippen LogP) is 3.12. The van der Waals surface area contributed by atoms with Crippen molar-refractivity contribution in [1.82, 2.24) is 4.90 Å². The van der Waals surface area contributed by atoms with Crippen LogP contribution in [0.25, 0.3) is 0 Å². The summed E-state index contributed by atoms with van der Waals surface area (Å²) in [6, 6.07) is 15.8. The van der Waals surface area contributed by atoms with Gasteiger partial charge in [-0.15, -0.1) is 0 Å². The third-order valence-corrected chi connectivity index (χ3v) is 5.36. The lowest BCUT2D eigenvalue weighted by Crippen LogP contribution is -2.29. The molecule has 2 aromatic rings. The molecule has 0 aromatic heterocycles. The number of rotatable bonds is 8. The van der Waals surface area contributed by atoms with Crippen molar-refractivity contribution in [1.29, 1.82) is 0 Å². The molecule has 2 aromatic carbocycles. The second-order valence-corrected chi connectivity index (χ2v) is 7.78. The number of halogens is 1. The van der Waals surface area contributed by atoms with E-state index in [0.717, 1.165) is 5.75 Å². The molecule has 23 heavy (non-hydrogen) atoms. The number of sulfone groups is 1. The third kappa shape index (κ3) is 5.86. The normalized spacial score (nSPS) is 11.6. The summed E-state index contributed by atoms with van der Waals surface area (Å²) in [5.74, 6) is 0.880. The van der Waals surface area contributed by atoms with E-state index in [4.69, 9.17) is 16.3 Å². The van der Waals surface area contributed by atoms with Gasteiger partial charge in [0.2, 0.25) is 0 Å². The summed E-state index contributed by atoms with van der Waals surface area (Å²) >= 11 is 5.78. The Hall–Kier alpha value is -1.56. The maximum Gasteiger partial charge on any atom is 0.179 e. The first kappa shape index (κ1) is 17.8. The van der Waals surface area contributed by atoms with Gasteiger partial charge in [-0.05, 0) is 43.4 Å². The lowest BCUT2D eigenvalue weighted by molar-refractivity contribution is 0.244. The van der Waals surface area contributed by atoms with Gasteiger partial charge in [0, 0.05) is 18.1 Å². The van der Waals surface area contributed by atoms with Crippen LogP contribution in [0.1, 0.15) is 0 Å². The quantitative estimate of drug-likeness (QED) is 0.731. The Labute approximate surface area is 142 Å². The van der Waals surface area contributed by atoms with E-state index in [1.54, 1.807) is 12.1 Å². The van der Waals surface area contributed by atoms with Gasteiger partial charge < -0.3 is 9.64 Å². The lowest BCUT2D eigenvalue weighted by atomic mass is 10.3. The largest absolute Gasteiger partial charge is 0.492 e. The highest BCUT2D eigenvalue weighted by Gasteiger charge is 2.15. The van der Waals surface area contributed by atoms with Gasteiger partial charge in [-0.25, -0.2) is 8.42 Å². The summed E-state index contributed by atoms with van der Waals surface area (Å²) in [5.41, 5.74) is 0. The van der Waals surface area contributed by atoms with Gasteiger partial charge in [0.25, 0.3) is 0 Å². The minimum absolute atomic E-state index is 0.0659. The van der Waals surface area contributed by atoms with Crippen LogP contribution < -0.4 is 4.74 Å². The molecule has 0 saturated heterocycles. The number of benzene rings is 2. The number of hydrogen-bond donors (Lipinski definition) is 0. The molecule has 0 bridgehead atoms. The zero-order valence-corrected chi connectivity index (χ0v) is 14.6. The summed E-state index contributed by atoms with van der Waals surface area (Å²) in [7, 11) is -1.41. The van der Waals surface area contributed by atoms with E-state index in [2.05, 4.69) is 0 Å². The van der Waals surface area contributed by atoms with Gasteiger partial charge in [0.1, 0.15) is 12.4 Å². The third-order valence-electron chi connectivity index (χ3n) is 3.40. The van der Waals surface area contributed by atoms with Gasteiger partial charge >= 0.3 is 0 Å². The molecular formula is C17H20ClNO3S. The van der Waals surface area contributed by atoms with Crippen LogP contribution in [0.4, 0.5) is 0 Å². The van der Waals surface area contributed by atoms with Crippen molar-refractivity contribution in [2.45, 2.75) is 4.90 Å². The van der Waals surface area contributed by atoms with E-state index in [-0.39, 0.29) is 5.75 Å². The van der Waals surface area contributed by atoms with Crippen molar-refractivity contribution in [3.8, 4) is 5.75 Å². The van der Waals surface area contributed by atoms with Crippen LogP contribution in [0.5, 0.6) is 5.75 Å². The van der Waals surface area contributed by atoms with Crippen LogP contribution in [0.2, 0.25) is 5.02 Å². The lowest BCUT2D eigenvalue weighted by Gasteiger charge is -2.17. The van der Waals surface area contributed by atoms with E-state index in [1.807, 2.05) is 42.3 Å². The fourth-order valence-corrected chi connectivity index (χ4v) is 3.45. The van der Waals surface area contributed by atoms with Crippen molar-refractivity contribution in [2.75, 3.05) is 32.5 Å². The standard InChI is InChI=1S/C17H20ClNO3S/c1-19(11-13-22-16-5-3-2-4-6-16)12-14-23(20,21)17-9-7-15(18)8-10-17/h2-10H,11-14H2,1H3. The van der Waals surface area contributed by atoms with Crippen LogP contribution >= 0.6 is 11.6 Å². The average Bonchev–Trinajstić information content (AvgIpc) is 2.54. The maximum atomic E-state index is 12.2. The highest BCUT2D eigenvalue weighted by molar-refractivity contribution is 7.91. The topological polar surface area (TPSA) is 46.6 Å². The number of ether oxygens (including phenoxy) is 1. The number of hydrogen-bond acceptors (Lipinski definition) is 4. The van der Waals surface area contributed by atoms with E-state index >= 15 is 0 Å². The first-order chi connectivity index (χ1) is 11.0. The number of para-hydroxylation sites is 1. The molecule has 124 valence electrons. The Morgan fingerprint density at radius 3 is 2.30 bits per heavy atom. The van der Waals surface area contributed by atoms with Gasteiger partial charge in [-0.1, -0.05) is 29.8 Å². The molecule has 0 spiro atoms. The van der Waals surface area contributed by atoms with E-state index in [9.17, 15) is 8.42 Å². The summed E-state index contributed by atoms with van der Waals surface area (Å²) < 4.78 is 30.1. The summed E-state index contributed by atoms with van der Waals surface area (Å²) in [5, 5.41) is 0.527.